The third-order valence-electron chi connectivity index (χ3n) is 10.4. The molecule has 5 aliphatic carbocycles. The van der Waals surface area contributed by atoms with Gasteiger partial charge in [-0.2, -0.15) is 0 Å². The predicted molar refractivity (Wildman–Crippen MR) is 113 cm³/mol. The van der Waals surface area contributed by atoms with Gasteiger partial charge in [-0.05, 0) is 76.5 Å². The summed E-state index contributed by atoms with van der Waals surface area (Å²) < 4.78 is 12.5. The summed E-state index contributed by atoms with van der Waals surface area (Å²) in [7, 11) is 0. The molecule has 30 heavy (non-hydrogen) atoms. The van der Waals surface area contributed by atoms with Crippen LogP contribution < -0.4 is 0 Å². The van der Waals surface area contributed by atoms with Crippen LogP contribution in [0.15, 0.2) is 0 Å². The summed E-state index contributed by atoms with van der Waals surface area (Å²) in [6.07, 6.45) is 5.82. The second-order valence-electron chi connectivity index (χ2n) is 12.8. The number of Topliss-reactive ketones (excluding diaryl/α,β-unsaturated/α-hetero) is 1. The predicted octanol–water partition coefficient (Wildman–Crippen LogP) is 4.76. The molecule has 1 saturated heterocycles. The lowest BCUT2D eigenvalue weighted by Gasteiger charge is -2.60. The summed E-state index contributed by atoms with van der Waals surface area (Å²) in [5.74, 6) is 2.60. The second kappa shape index (κ2) is 5.65. The number of esters is 1. The highest BCUT2D eigenvalue weighted by Gasteiger charge is 2.81. The molecule has 0 aromatic heterocycles. The molecule has 0 amide bonds. The Balaban J connectivity index is 1.29. The van der Waals surface area contributed by atoms with Gasteiger partial charge in [0.05, 0.1) is 10.8 Å². The summed E-state index contributed by atoms with van der Waals surface area (Å²) in [5.41, 5.74) is -0.832. The molecule has 4 nitrogen and oxygen atoms in total. The van der Waals surface area contributed by atoms with E-state index in [0.717, 1.165) is 38.5 Å². The van der Waals surface area contributed by atoms with Crippen LogP contribution in [-0.4, -0.2) is 34.9 Å². The summed E-state index contributed by atoms with van der Waals surface area (Å²) in [6.45, 7) is 10.4. The van der Waals surface area contributed by atoms with Crippen LogP contribution in [0.5, 0.6) is 0 Å². The number of carbonyl (C=O) groups excluding carboxylic acids is 2. The van der Waals surface area contributed by atoms with Crippen LogP contribution in [0.3, 0.4) is 0 Å². The quantitative estimate of drug-likeness (QED) is 0.339. The molecule has 0 unspecified atom stereocenters. The number of rotatable bonds is 1. The van der Waals surface area contributed by atoms with Gasteiger partial charge in [-0.3, -0.25) is 9.59 Å². The van der Waals surface area contributed by atoms with Crippen molar-refractivity contribution in [2.45, 2.75) is 96.3 Å². The van der Waals surface area contributed by atoms with Crippen molar-refractivity contribution in [1.82, 2.24) is 0 Å². The van der Waals surface area contributed by atoms with Crippen LogP contribution >= 0.6 is 11.6 Å². The van der Waals surface area contributed by atoms with Gasteiger partial charge in [-0.25, -0.2) is 0 Å². The standard InChI is InChI=1S/C25H35ClO4/c1-22(2,3)21(28)29-12-6-9-24(5)15-7-8-23(4)17(13-10-14(13)19(23)27)16(15)18(26)20-25(24,11-12)30-20/h12-18,20H,6-11H2,1-5H3/t12-,13-,14+,15+,16-,17+,18+,20-,23+,24-,25-/m1/s1. The first-order valence-corrected chi connectivity index (χ1v) is 12.4. The topological polar surface area (TPSA) is 55.9 Å². The maximum Gasteiger partial charge on any atom is 0.311 e. The van der Waals surface area contributed by atoms with Crippen molar-refractivity contribution in [2.24, 2.45) is 45.8 Å². The fourth-order valence-electron chi connectivity index (χ4n) is 8.65. The molecule has 0 N–H and O–H groups in total. The van der Waals surface area contributed by atoms with E-state index in [9.17, 15) is 9.59 Å². The summed E-state index contributed by atoms with van der Waals surface area (Å²) in [5, 5.41) is -0.0306. The first kappa shape index (κ1) is 20.0. The highest BCUT2D eigenvalue weighted by atomic mass is 35.5. The Hall–Kier alpha value is -0.610. The Bertz CT molecular complexity index is 833. The van der Waals surface area contributed by atoms with E-state index >= 15 is 0 Å². The Morgan fingerprint density at radius 3 is 2.63 bits per heavy atom. The number of halogens is 1. The van der Waals surface area contributed by atoms with Crippen LogP contribution in [0.25, 0.3) is 0 Å². The third-order valence-corrected chi connectivity index (χ3v) is 10.9. The Morgan fingerprint density at radius 2 is 1.93 bits per heavy atom. The monoisotopic (exact) mass is 434 g/mol. The maximum absolute atomic E-state index is 13.0. The van der Waals surface area contributed by atoms with Crippen molar-refractivity contribution >= 4 is 23.4 Å². The zero-order valence-corrected chi connectivity index (χ0v) is 19.6. The van der Waals surface area contributed by atoms with Gasteiger partial charge in [0.15, 0.2) is 0 Å². The van der Waals surface area contributed by atoms with Crippen LogP contribution in [0, 0.1) is 45.8 Å². The first-order valence-electron chi connectivity index (χ1n) is 12.0. The molecule has 6 aliphatic rings. The molecule has 0 aromatic carbocycles. The summed E-state index contributed by atoms with van der Waals surface area (Å²) >= 11 is 7.20. The number of ketones is 1. The number of hydrogen-bond donors (Lipinski definition) is 0. The number of ether oxygens (including phenoxy) is 2. The highest BCUT2D eigenvalue weighted by molar-refractivity contribution is 6.21. The SMILES string of the molecule is CC(C)(C)C(=O)O[C@@H]1CC[C@]2(C)[C@H]3CC[C@]4(C)C(=O)[C@H]5C[C@H]5[C@H]4[C@@H]3[C@H](Cl)[C@H]3O[C@]32C1. The lowest BCUT2D eigenvalue weighted by Crippen LogP contribution is -2.62. The smallest absolute Gasteiger partial charge is 0.311 e. The third kappa shape index (κ3) is 2.23. The van der Waals surface area contributed by atoms with Crippen LogP contribution in [0.2, 0.25) is 0 Å². The van der Waals surface area contributed by atoms with E-state index in [2.05, 4.69) is 13.8 Å². The van der Waals surface area contributed by atoms with Crippen LogP contribution in [0.4, 0.5) is 0 Å². The molecule has 5 heteroatoms. The van der Waals surface area contributed by atoms with Gasteiger partial charge in [0.1, 0.15) is 23.6 Å². The molecule has 166 valence electrons. The van der Waals surface area contributed by atoms with E-state index in [4.69, 9.17) is 21.1 Å². The van der Waals surface area contributed by atoms with Crippen molar-refractivity contribution < 1.29 is 19.1 Å². The van der Waals surface area contributed by atoms with Crippen LogP contribution in [-0.2, 0) is 19.1 Å². The van der Waals surface area contributed by atoms with Crippen molar-refractivity contribution in [2.75, 3.05) is 0 Å². The molecule has 0 radical (unpaired) electrons. The summed E-state index contributed by atoms with van der Waals surface area (Å²) in [6, 6.07) is 0. The second-order valence-corrected chi connectivity index (χ2v) is 13.3. The molecule has 1 heterocycles. The average molecular weight is 435 g/mol. The minimum Gasteiger partial charge on any atom is -0.462 e. The fraction of sp³-hybridized carbons (Fsp3) is 0.920. The molecule has 11 atom stereocenters. The first-order chi connectivity index (χ1) is 13.9. The van der Waals surface area contributed by atoms with E-state index in [1.807, 2.05) is 20.8 Å². The average Bonchev–Trinajstić information content (AvgIpc) is 3.56. The highest BCUT2D eigenvalue weighted by Crippen LogP contribution is 2.77. The minimum atomic E-state index is -0.488. The molecule has 0 aromatic rings. The Morgan fingerprint density at radius 1 is 1.20 bits per heavy atom. The summed E-state index contributed by atoms with van der Waals surface area (Å²) in [4.78, 5) is 25.5. The van der Waals surface area contributed by atoms with Gasteiger partial charge in [-0.15, -0.1) is 11.6 Å². The molecule has 1 spiro atoms. The normalized spacial score (nSPS) is 58.0. The molecule has 6 rings (SSSR count). The molecule has 5 saturated carbocycles. The number of carbonyl (C=O) groups is 2. The van der Waals surface area contributed by atoms with Gasteiger partial charge < -0.3 is 9.47 Å². The Labute approximate surface area is 184 Å². The van der Waals surface area contributed by atoms with Crippen LogP contribution in [0.1, 0.15) is 73.1 Å². The van der Waals surface area contributed by atoms with Crippen molar-refractivity contribution in [3.63, 3.8) is 0 Å². The van der Waals surface area contributed by atoms with Gasteiger partial charge in [0, 0.05) is 23.2 Å². The van der Waals surface area contributed by atoms with E-state index in [1.54, 1.807) is 0 Å². The van der Waals surface area contributed by atoms with E-state index in [-0.39, 0.29) is 40.0 Å². The molecule has 6 fully saturated rings. The number of fused-ring (bicyclic) bond motifs is 6. The molecule has 0 bridgehead atoms. The molecular weight excluding hydrogens is 400 g/mol. The van der Waals surface area contributed by atoms with Crippen molar-refractivity contribution in [3.05, 3.63) is 0 Å². The number of alkyl halides is 1. The maximum atomic E-state index is 13.0. The lowest BCUT2D eigenvalue weighted by atomic mass is 9.44. The van der Waals surface area contributed by atoms with Gasteiger partial charge >= 0.3 is 5.97 Å². The minimum absolute atomic E-state index is 0.0306. The van der Waals surface area contributed by atoms with E-state index in [0.29, 0.717) is 35.4 Å². The van der Waals surface area contributed by atoms with Gasteiger partial charge in [0.2, 0.25) is 0 Å². The Kier molecular flexibility index (Phi) is 3.77. The largest absolute Gasteiger partial charge is 0.462 e. The number of hydrogen-bond acceptors (Lipinski definition) is 4. The fourth-order valence-corrected chi connectivity index (χ4v) is 9.24. The van der Waals surface area contributed by atoms with Gasteiger partial charge in [-0.1, -0.05) is 13.8 Å². The van der Waals surface area contributed by atoms with Gasteiger partial charge in [0.25, 0.3) is 0 Å². The number of epoxide rings is 1. The molecular formula is C25H35ClO4. The lowest BCUT2D eigenvalue weighted by molar-refractivity contribution is -0.168. The van der Waals surface area contributed by atoms with Crippen molar-refractivity contribution in [3.8, 4) is 0 Å². The van der Waals surface area contributed by atoms with E-state index in [1.165, 1.54) is 0 Å². The molecule has 1 aliphatic heterocycles. The zero-order valence-electron chi connectivity index (χ0n) is 18.9. The van der Waals surface area contributed by atoms with E-state index < -0.39 is 5.41 Å². The zero-order chi connectivity index (χ0) is 21.4. The van der Waals surface area contributed by atoms with Crippen molar-refractivity contribution in [1.29, 1.82) is 0 Å².